The maximum Gasteiger partial charge on any atom is 0.417 e. The van der Waals surface area contributed by atoms with Crippen LogP contribution < -0.4 is 4.74 Å². The zero-order valence-corrected chi connectivity index (χ0v) is 11.9. The molecule has 2 aromatic rings. The molecule has 0 amide bonds. The van der Waals surface area contributed by atoms with Crippen molar-refractivity contribution < 1.29 is 27.2 Å². The summed E-state index contributed by atoms with van der Waals surface area (Å²) >= 11 is 0. The third-order valence-electron chi connectivity index (χ3n) is 3.24. The van der Waals surface area contributed by atoms with Crippen molar-refractivity contribution in [1.82, 2.24) is 20.0 Å². The molecule has 0 unspecified atom stereocenters. The molecule has 10 heteroatoms. The standard InChI is InChI=1S/C13H13F3N4O3/c14-13(15,16)10-1-2-17-7-9(10)11-18-12(19-23-11)22-8-20-3-5-21-6-4-20/h1-2,7H,3-6,8H2. The summed E-state index contributed by atoms with van der Waals surface area (Å²) < 4.78 is 54.3. The Morgan fingerprint density at radius 1 is 1.26 bits per heavy atom. The van der Waals surface area contributed by atoms with Crippen LogP contribution in [0.15, 0.2) is 23.0 Å². The van der Waals surface area contributed by atoms with Crippen LogP contribution in [-0.4, -0.2) is 53.1 Å². The second kappa shape index (κ2) is 6.50. The van der Waals surface area contributed by atoms with Crippen LogP contribution in [0.5, 0.6) is 6.01 Å². The topological polar surface area (TPSA) is 73.5 Å². The average Bonchev–Trinajstić information content (AvgIpc) is 3.02. The lowest BCUT2D eigenvalue weighted by Gasteiger charge is -2.25. The molecule has 0 N–H and O–H groups in total. The number of alkyl halides is 3. The maximum absolute atomic E-state index is 13.0. The molecule has 124 valence electrons. The predicted molar refractivity (Wildman–Crippen MR) is 70.4 cm³/mol. The number of halogens is 3. The van der Waals surface area contributed by atoms with Gasteiger partial charge in [0.2, 0.25) is 0 Å². The first-order chi connectivity index (χ1) is 11.0. The highest BCUT2D eigenvalue weighted by atomic mass is 19.4. The van der Waals surface area contributed by atoms with Crippen molar-refractivity contribution in [2.24, 2.45) is 0 Å². The highest BCUT2D eigenvalue weighted by Gasteiger charge is 2.35. The van der Waals surface area contributed by atoms with E-state index in [1.54, 1.807) is 0 Å². The third-order valence-corrected chi connectivity index (χ3v) is 3.24. The molecule has 3 heterocycles. The summed E-state index contributed by atoms with van der Waals surface area (Å²) in [6, 6.07) is 0.733. The van der Waals surface area contributed by atoms with Crippen LogP contribution in [0.1, 0.15) is 5.56 Å². The SMILES string of the molecule is FC(F)(F)c1ccncc1-c1nc(OCN2CCOCC2)no1. The smallest absolute Gasteiger partial charge is 0.417 e. The molecule has 3 rings (SSSR count). The Balaban J connectivity index is 1.72. The summed E-state index contributed by atoms with van der Waals surface area (Å²) in [4.78, 5) is 9.48. The highest BCUT2D eigenvalue weighted by molar-refractivity contribution is 5.58. The van der Waals surface area contributed by atoms with Crippen molar-refractivity contribution >= 4 is 0 Å². The van der Waals surface area contributed by atoms with E-state index < -0.39 is 11.7 Å². The average molecular weight is 330 g/mol. The van der Waals surface area contributed by atoms with Crippen molar-refractivity contribution in [3.8, 4) is 17.5 Å². The minimum atomic E-state index is -4.54. The monoisotopic (exact) mass is 330 g/mol. The van der Waals surface area contributed by atoms with Gasteiger partial charge in [0.05, 0.1) is 24.3 Å². The van der Waals surface area contributed by atoms with Crippen LogP contribution >= 0.6 is 0 Å². The molecular formula is C13H13F3N4O3. The van der Waals surface area contributed by atoms with E-state index in [1.165, 1.54) is 0 Å². The summed E-state index contributed by atoms with van der Waals surface area (Å²) in [6.45, 7) is 2.82. The van der Waals surface area contributed by atoms with Crippen molar-refractivity contribution in [3.63, 3.8) is 0 Å². The van der Waals surface area contributed by atoms with Crippen LogP contribution in [0.3, 0.4) is 0 Å². The summed E-state index contributed by atoms with van der Waals surface area (Å²) in [5, 5.41) is 3.54. The Labute approximate surface area is 129 Å². The number of ether oxygens (including phenoxy) is 2. The van der Waals surface area contributed by atoms with E-state index in [2.05, 4.69) is 15.1 Å². The molecule has 1 aliphatic heterocycles. The van der Waals surface area contributed by atoms with Gasteiger partial charge >= 0.3 is 12.2 Å². The number of morpholine rings is 1. The fourth-order valence-electron chi connectivity index (χ4n) is 2.07. The number of nitrogens with zero attached hydrogens (tertiary/aromatic N) is 4. The Hall–Kier alpha value is -2.20. The second-order valence-corrected chi connectivity index (χ2v) is 4.80. The molecule has 1 aliphatic rings. The van der Waals surface area contributed by atoms with Crippen molar-refractivity contribution in [2.45, 2.75) is 6.18 Å². The van der Waals surface area contributed by atoms with Crippen LogP contribution in [-0.2, 0) is 10.9 Å². The van der Waals surface area contributed by atoms with Gasteiger partial charge in [0.15, 0.2) is 0 Å². The molecule has 2 aromatic heterocycles. The molecular weight excluding hydrogens is 317 g/mol. The van der Waals surface area contributed by atoms with Gasteiger partial charge in [-0.1, -0.05) is 0 Å². The lowest BCUT2D eigenvalue weighted by Crippen LogP contribution is -2.38. The van der Waals surface area contributed by atoms with E-state index >= 15 is 0 Å². The molecule has 0 aromatic carbocycles. The first kappa shape index (κ1) is 15.7. The third kappa shape index (κ3) is 3.77. The van der Waals surface area contributed by atoms with Gasteiger partial charge < -0.3 is 14.0 Å². The maximum atomic E-state index is 13.0. The number of hydrogen-bond donors (Lipinski definition) is 0. The minimum Gasteiger partial charge on any atom is -0.445 e. The van der Waals surface area contributed by atoms with E-state index in [0.29, 0.717) is 26.3 Å². The van der Waals surface area contributed by atoms with E-state index in [-0.39, 0.29) is 24.2 Å². The van der Waals surface area contributed by atoms with E-state index in [0.717, 1.165) is 18.5 Å². The van der Waals surface area contributed by atoms with Crippen molar-refractivity contribution in [2.75, 3.05) is 33.0 Å². The molecule has 0 bridgehead atoms. The van der Waals surface area contributed by atoms with Gasteiger partial charge in [-0.2, -0.15) is 18.2 Å². The zero-order valence-electron chi connectivity index (χ0n) is 11.9. The van der Waals surface area contributed by atoms with Gasteiger partial charge in [-0.05, 0) is 11.2 Å². The molecule has 23 heavy (non-hydrogen) atoms. The van der Waals surface area contributed by atoms with E-state index in [9.17, 15) is 13.2 Å². The second-order valence-electron chi connectivity index (χ2n) is 4.80. The Morgan fingerprint density at radius 2 is 2.04 bits per heavy atom. The Bertz CT molecular complexity index is 656. The summed E-state index contributed by atoms with van der Waals surface area (Å²) in [5.74, 6) is -0.289. The molecule has 0 atom stereocenters. The lowest BCUT2D eigenvalue weighted by atomic mass is 10.1. The van der Waals surface area contributed by atoms with Gasteiger partial charge in [-0.3, -0.25) is 9.88 Å². The zero-order chi connectivity index (χ0) is 16.3. The van der Waals surface area contributed by atoms with Gasteiger partial charge in [0.1, 0.15) is 6.73 Å². The predicted octanol–water partition coefficient (Wildman–Crippen LogP) is 1.82. The molecule has 1 saturated heterocycles. The summed E-state index contributed by atoms with van der Waals surface area (Å²) in [7, 11) is 0. The van der Waals surface area contributed by atoms with Gasteiger partial charge in [-0.15, -0.1) is 0 Å². The largest absolute Gasteiger partial charge is 0.445 e. The fraction of sp³-hybridized carbons (Fsp3) is 0.462. The molecule has 0 aliphatic carbocycles. The molecule has 7 nitrogen and oxygen atoms in total. The molecule has 0 saturated carbocycles. The first-order valence-electron chi connectivity index (χ1n) is 6.82. The van der Waals surface area contributed by atoms with Crippen LogP contribution in [0, 0.1) is 0 Å². The van der Waals surface area contributed by atoms with Crippen LogP contribution in [0.2, 0.25) is 0 Å². The number of rotatable bonds is 4. The number of aromatic nitrogens is 3. The van der Waals surface area contributed by atoms with E-state index in [1.807, 2.05) is 4.90 Å². The number of pyridine rings is 1. The molecule has 0 radical (unpaired) electrons. The van der Waals surface area contributed by atoms with Gasteiger partial charge in [0.25, 0.3) is 5.89 Å². The quantitative estimate of drug-likeness (QED) is 0.846. The van der Waals surface area contributed by atoms with Crippen molar-refractivity contribution in [1.29, 1.82) is 0 Å². The first-order valence-corrected chi connectivity index (χ1v) is 6.82. The Kier molecular flexibility index (Phi) is 4.44. The normalized spacial score (nSPS) is 16.5. The summed E-state index contributed by atoms with van der Waals surface area (Å²) in [5.41, 5.74) is -1.18. The van der Waals surface area contributed by atoms with Crippen LogP contribution in [0.25, 0.3) is 11.5 Å². The molecule has 0 spiro atoms. The fourth-order valence-corrected chi connectivity index (χ4v) is 2.07. The van der Waals surface area contributed by atoms with Crippen molar-refractivity contribution in [3.05, 3.63) is 24.0 Å². The van der Waals surface area contributed by atoms with Crippen LogP contribution in [0.4, 0.5) is 13.2 Å². The Morgan fingerprint density at radius 3 is 2.78 bits per heavy atom. The van der Waals surface area contributed by atoms with Gasteiger partial charge in [-0.25, -0.2) is 0 Å². The van der Waals surface area contributed by atoms with E-state index in [4.69, 9.17) is 14.0 Å². The number of hydrogen-bond acceptors (Lipinski definition) is 7. The minimum absolute atomic E-state index is 0.122. The summed E-state index contributed by atoms with van der Waals surface area (Å²) in [6.07, 6.45) is -2.46. The highest BCUT2D eigenvalue weighted by Crippen LogP contribution is 2.36. The van der Waals surface area contributed by atoms with Gasteiger partial charge in [0, 0.05) is 25.5 Å². The molecule has 1 fully saturated rings. The lowest BCUT2D eigenvalue weighted by molar-refractivity contribution is -0.137.